The van der Waals surface area contributed by atoms with Crippen molar-refractivity contribution in [2.45, 2.75) is 24.6 Å². The molecule has 0 fully saturated rings. The molecule has 1 heterocycles. The van der Waals surface area contributed by atoms with Crippen molar-refractivity contribution in [2.75, 3.05) is 18.6 Å². The third-order valence-corrected chi connectivity index (χ3v) is 6.80. The Balaban J connectivity index is 1.73. The second kappa shape index (κ2) is 9.80. The molecule has 12 heteroatoms. The Morgan fingerprint density at radius 3 is 2.37 bits per heavy atom. The predicted molar refractivity (Wildman–Crippen MR) is 129 cm³/mol. The number of carbonyl (C=O) groups is 2. The van der Waals surface area contributed by atoms with Crippen LogP contribution in [0.4, 0.5) is 28.0 Å². The first-order valence-corrected chi connectivity index (χ1v) is 11.4. The molecule has 2 atom stereocenters. The van der Waals surface area contributed by atoms with E-state index in [4.69, 9.17) is 21.4 Å². The first-order chi connectivity index (χ1) is 17.7. The van der Waals surface area contributed by atoms with Crippen molar-refractivity contribution in [1.82, 2.24) is 0 Å². The molecule has 1 amide bonds. The molecule has 7 nitrogen and oxygen atoms in total. The lowest BCUT2D eigenvalue weighted by Crippen LogP contribution is -2.47. The summed E-state index contributed by atoms with van der Waals surface area (Å²) < 4.78 is 67.3. The number of hydrogen-bond acceptors (Lipinski definition) is 5. The lowest BCUT2D eigenvalue weighted by molar-refractivity contribution is -0.274. The van der Waals surface area contributed by atoms with Crippen LogP contribution in [0.15, 0.2) is 54.6 Å². The number of ether oxygens (including phenoxy) is 2. The Morgan fingerprint density at radius 2 is 1.76 bits per heavy atom. The number of anilines is 1. The van der Waals surface area contributed by atoms with Crippen LogP contribution in [0.3, 0.4) is 0 Å². The molecule has 0 aliphatic carbocycles. The summed E-state index contributed by atoms with van der Waals surface area (Å²) in [6.45, 7) is 0.904. The summed E-state index contributed by atoms with van der Waals surface area (Å²) in [5.74, 6) is -3.37. The molecule has 3 aromatic rings. The summed E-state index contributed by atoms with van der Waals surface area (Å²) in [6, 6.07) is 10.8. The van der Waals surface area contributed by atoms with E-state index in [2.05, 4.69) is 4.74 Å². The number of aliphatic hydroxyl groups is 1. The molecular weight excluding hydrogens is 534 g/mol. The zero-order chi connectivity index (χ0) is 28.0. The fourth-order valence-electron chi connectivity index (χ4n) is 4.31. The zero-order valence-electron chi connectivity index (χ0n) is 19.8. The van der Waals surface area contributed by atoms with Crippen LogP contribution in [-0.4, -0.2) is 42.1 Å². The predicted octanol–water partition coefficient (Wildman–Crippen LogP) is 6.11. The third kappa shape index (κ3) is 4.74. The highest BCUT2D eigenvalue weighted by Gasteiger charge is 2.59. The number of alkyl halides is 3. The van der Waals surface area contributed by atoms with Crippen LogP contribution in [0.2, 0.25) is 5.02 Å². The van der Waals surface area contributed by atoms with E-state index < -0.39 is 46.9 Å². The SMILES string of the molecule is C[C@@H](c1ccc(-c2ccc(OC(=O)O)c(F)c2)cc1Cl)[C@](O)(c1ccc2c(c1)N(C)C(=O)CO2)C(F)(F)F. The molecule has 200 valence electrons. The average molecular weight is 554 g/mol. The number of benzene rings is 3. The molecule has 0 spiro atoms. The molecule has 0 aromatic heterocycles. The van der Waals surface area contributed by atoms with Crippen LogP contribution in [0.5, 0.6) is 11.5 Å². The molecule has 0 unspecified atom stereocenters. The van der Waals surface area contributed by atoms with Crippen molar-refractivity contribution >= 4 is 29.4 Å². The van der Waals surface area contributed by atoms with E-state index in [0.717, 1.165) is 36.1 Å². The van der Waals surface area contributed by atoms with Gasteiger partial charge in [-0.2, -0.15) is 13.2 Å². The van der Waals surface area contributed by atoms with Crippen LogP contribution in [0.25, 0.3) is 11.1 Å². The van der Waals surface area contributed by atoms with Gasteiger partial charge in [0.25, 0.3) is 5.91 Å². The van der Waals surface area contributed by atoms with Gasteiger partial charge in [-0.05, 0) is 52.6 Å². The van der Waals surface area contributed by atoms with Gasteiger partial charge in [-0.15, -0.1) is 0 Å². The fraction of sp³-hybridized carbons (Fsp3) is 0.231. The van der Waals surface area contributed by atoms with Gasteiger partial charge in [-0.25, -0.2) is 9.18 Å². The Morgan fingerprint density at radius 1 is 1.11 bits per heavy atom. The van der Waals surface area contributed by atoms with Crippen molar-refractivity contribution in [2.24, 2.45) is 0 Å². The quantitative estimate of drug-likeness (QED) is 0.225. The normalized spacial score (nSPS) is 15.8. The van der Waals surface area contributed by atoms with E-state index in [1.807, 2.05) is 0 Å². The van der Waals surface area contributed by atoms with E-state index in [1.54, 1.807) is 0 Å². The molecule has 0 radical (unpaired) electrons. The number of hydrogen-bond donors (Lipinski definition) is 2. The minimum atomic E-state index is -5.15. The second-order valence-corrected chi connectivity index (χ2v) is 9.07. The van der Waals surface area contributed by atoms with Crippen LogP contribution in [0, 0.1) is 5.82 Å². The molecule has 1 aliphatic heterocycles. The minimum absolute atomic E-state index is 0.0417. The number of rotatable bonds is 5. The van der Waals surface area contributed by atoms with Crippen LogP contribution in [0.1, 0.15) is 24.0 Å². The van der Waals surface area contributed by atoms with Crippen molar-refractivity contribution in [3.05, 3.63) is 76.6 Å². The molecule has 2 N–H and O–H groups in total. The Hall–Kier alpha value is -3.83. The number of carbonyl (C=O) groups excluding carboxylic acids is 1. The lowest BCUT2D eigenvalue weighted by Gasteiger charge is -2.38. The summed E-state index contributed by atoms with van der Waals surface area (Å²) in [6.07, 6.45) is -6.84. The number of carboxylic acid groups (broad SMARTS) is 1. The van der Waals surface area contributed by atoms with Crippen molar-refractivity contribution in [3.63, 3.8) is 0 Å². The van der Waals surface area contributed by atoms with E-state index in [-0.39, 0.29) is 34.2 Å². The smallest absolute Gasteiger partial charge is 0.482 e. The third-order valence-electron chi connectivity index (χ3n) is 6.47. The molecule has 0 saturated carbocycles. The first-order valence-electron chi connectivity index (χ1n) is 11.1. The van der Waals surface area contributed by atoms with Gasteiger partial charge in [0.15, 0.2) is 23.8 Å². The lowest BCUT2D eigenvalue weighted by atomic mass is 9.77. The van der Waals surface area contributed by atoms with E-state index in [9.17, 15) is 32.3 Å². The number of likely N-dealkylation sites (N-methyl/N-ethyl adjacent to an activating group) is 1. The highest BCUT2D eigenvalue weighted by molar-refractivity contribution is 6.31. The summed E-state index contributed by atoms with van der Waals surface area (Å²) in [4.78, 5) is 23.8. The maximum absolute atomic E-state index is 14.5. The minimum Gasteiger partial charge on any atom is -0.482 e. The Labute approximate surface area is 218 Å². The molecule has 0 saturated heterocycles. The highest BCUT2D eigenvalue weighted by Crippen LogP contribution is 2.51. The Bertz CT molecular complexity index is 1430. The monoisotopic (exact) mass is 553 g/mol. The van der Waals surface area contributed by atoms with Gasteiger partial charge >= 0.3 is 12.3 Å². The van der Waals surface area contributed by atoms with Crippen LogP contribution < -0.4 is 14.4 Å². The number of amides is 1. The molecule has 1 aliphatic rings. The Kier molecular flexibility index (Phi) is 7.02. The first kappa shape index (κ1) is 27.2. The maximum Gasteiger partial charge on any atom is 0.511 e. The zero-order valence-corrected chi connectivity index (χ0v) is 20.6. The van der Waals surface area contributed by atoms with Gasteiger partial charge in [0.1, 0.15) is 5.75 Å². The van der Waals surface area contributed by atoms with Gasteiger partial charge in [0.05, 0.1) is 5.69 Å². The highest BCUT2D eigenvalue weighted by atomic mass is 35.5. The largest absolute Gasteiger partial charge is 0.511 e. The molecule has 0 bridgehead atoms. The van der Waals surface area contributed by atoms with Crippen molar-refractivity contribution in [1.29, 1.82) is 0 Å². The summed E-state index contributed by atoms with van der Waals surface area (Å²) in [7, 11) is 1.39. The second-order valence-electron chi connectivity index (χ2n) is 8.66. The summed E-state index contributed by atoms with van der Waals surface area (Å²) in [5, 5.41) is 19.7. The average Bonchev–Trinajstić information content (AvgIpc) is 2.85. The van der Waals surface area contributed by atoms with Gasteiger partial charge in [0, 0.05) is 18.0 Å². The number of nitrogens with zero attached hydrogens (tertiary/aromatic N) is 1. The number of fused-ring (bicyclic) bond motifs is 1. The van der Waals surface area contributed by atoms with E-state index >= 15 is 0 Å². The topological polar surface area (TPSA) is 96.3 Å². The summed E-state index contributed by atoms with van der Waals surface area (Å²) >= 11 is 6.37. The van der Waals surface area contributed by atoms with Gasteiger partial charge in [-0.3, -0.25) is 4.79 Å². The van der Waals surface area contributed by atoms with Gasteiger partial charge in [-0.1, -0.05) is 42.8 Å². The molecule has 4 rings (SSSR count). The van der Waals surface area contributed by atoms with E-state index in [1.165, 1.54) is 37.4 Å². The molecular formula is C26H20ClF4NO6. The molecule has 38 heavy (non-hydrogen) atoms. The number of halogens is 5. The van der Waals surface area contributed by atoms with Gasteiger partial charge in [0.2, 0.25) is 0 Å². The fourth-order valence-corrected chi connectivity index (χ4v) is 4.65. The summed E-state index contributed by atoms with van der Waals surface area (Å²) in [5.41, 5.74) is -3.30. The van der Waals surface area contributed by atoms with Crippen LogP contribution in [-0.2, 0) is 10.4 Å². The van der Waals surface area contributed by atoms with Crippen molar-refractivity contribution < 1.29 is 46.8 Å². The molecule has 3 aromatic carbocycles. The van der Waals surface area contributed by atoms with Crippen molar-refractivity contribution in [3.8, 4) is 22.6 Å². The standard InChI is InChI=1S/C26H20ClF4NO6/c1-13(17-6-3-14(9-18(17)27)15-4-7-21(19(28)10-15)38-24(34)35)25(36,26(29,30)31)16-5-8-22-20(11-16)32(2)23(33)12-37-22/h3-11,13,36H,12H2,1-2H3,(H,34,35)/t13-,25-/m0/s1. The maximum atomic E-state index is 14.5. The van der Waals surface area contributed by atoms with Gasteiger partial charge < -0.3 is 24.6 Å². The van der Waals surface area contributed by atoms with Crippen LogP contribution >= 0.6 is 11.6 Å². The van der Waals surface area contributed by atoms with E-state index in [0.29, 0.717) is 5.56 Å².